The second-order valence-corrected chi connectivity index (χ2v) is 5.09. The van der Waals surface area contributed by atoms with Crippen molar-refractivity contribution in [3.05, 3.63) is 35.9 Å². The zero-order valence-corrected chi connectivity index (χ0v) is 12.2. The number of amides is 1. The van der Waals surface area contributed by atoms with E-state index in [1.165, 1.54) is 0 Å². The van der Waals surface area contributed by atoms with Gasteiger partial charge in [-0.15, -0.1) is 0 Å². The third-order valence-electron chi connectivity index (χ3n) is 3.73. The minimum atomic E-state index is -0.878. The molecule has 0 fully saturated rings. The van der Waals surface area contributed by atoms with Crippen molar-refractivity contribution >= 4 is 11.9 Å². The van der Waals surface area contributed by atoms with Crippen molar-refractivity contribution in [2.24, 2.45) is 0 Å². The van der Waals surface area contributed by atoms with Gasteiger partial charge in [0.1, 0.15) is 0 Å². The molecule has 0 atom stereocenters. The fourth-order valence-corrected chi connectivity index (χ4v) is 2.27. The van der Waals surface area contributed by atoms with E-state index in [1.54, 1.807) is 0 Å². The highest BCUT2D eigenvalue weighted by Crippen LogP contribution is 2.20. The van der Waals surface area contributed by atoms with Crippen LogP contribution in [0.2, 0.25) is 0 Å². The summed E-state index contributed by atoms with van der Waals surface area (Å²) in [6, 6.07) is 9.80. The van der Waals surface area contributed by atoms with Crippen molar-refractivity contribution in [1.82, 2.24) is 5.32 Å². The van der Waals surface area contributed by atoms with Gasteiger partial charge in [0.15, 0.2) is 0 Å². The van der Waals surface area contributed by atoms with Crippen LogP contribution in [0.5, 0.6) is 0 Å². The van der Waals surface area contributed by atoms with Gasteiger partial charge in [0, 0.05) is 12.0 Å². The van der Waals surface area contributed by atoms with E-state index in [-0.39, 0.29) is 12.3 Å². The molecule has 2 N–H and O–H groups in total. The van der Waals surface area contributed by atoms with Crippen LogP contribution in [0, 0.1) is 0 Å². The van der Waals surface area contributed by atoms with Crippen LogP contribution in [0.15, 0.2) is 30.3 Å². The van der Waals surface area contributed by atoms with E-state index in [9.17, 15) is 9.59 Å². The summed E-state index contributed by atoms with van der Waals surface area (Å²) in [7, 11) is 0. The molecular formula is C16H23NO3. The zero-order valence-electron chi connectivity index (χ0n) is 12.2. The van der Waals surface area contributed by atoms with Gasteiger partial charge in [0.25, 0.3) is 0 Å². The van der Waals surface area contributed by atoms with Gasteiger partial charge in [-0.2, -0.15) is 0 Å². The molecule has 0 aliphatic rings. The Bertz CT molecular complexity index is 438. The molecule has 0 unspecified atom stereocenters. The smallest absolute Gasteiger partial charge is 0.305 e. The van der Waals surface area contributed by atoms with Crippen LogP contribution >= 0.6 is 0 Å². The molecule has 1 aromatic carbocycles. The normalized spacial score (nSPS) is 11.1. The minimum absolute atomic E-state index is 0.0307. The van der Waals surface area contributed by atoms with Crippen molar-refractivity contribution < 1.29 is 14.7 Å². The summed E-state index contributed by atoms with van der Waals surface area (Å²) in [5, 5.41) is 11.9. The number of hydrogen-bond acceptors (Lipinski definition) is 2. The summed E-state index contributed by atoms with van der Waals surface area (Å²) in [5.74, 6) is -0.962. The highest BCUT2D eigenvalue weighted by atomic mass is 16.4. The summed E-state index contributed by atoms with van der Waals surface area (Å²) in [6.45, 7) is 3.81. The quantitative estimate of drug-likeness (QED) is 0.768. The minimum Gasteiger partial charge on any atom is -0.481 e. The van der Waals surface area contributed by atoms with E-state index in [1.807, 2.05) is 44.2 Å². The molecule has 1 aromatic rings. The highest BCUT2D eigenvalue weighted by molar-refractivity contribution is 5.78. The maximum Gasteiger partial charge on any atom is 0.305 e. The van der Waals surface area contributed by atoms with E-state index in [0.717, 1.165) is 5.56 Å². The first-order valence-corrected chi connectivity index (χ1v) is 7.08. The second kappa shape index (κ2) is 7.68. The molecule has 0 heterocycles. The zero-order chi connectivity index (χ0) is 15.0. The van der Waals surface area contributed by atoms with Crippen LogP contribution < -0.4 is 5.32 Å². The molecule has 20 heavy (non-hydrogen) atoms. The lowest BCUT2D eigenvalue weighted by atomic mass is 9.88. The molecule has 0 aromatic heterocycles. The van der Waals surface area contributed by atoms with Crippen molar-refractivity contribution in [3.8, 4) is 0 Å². The molecule has 0 aliphatic heterocycles. The molecular weight excluding hydrogens is 254 g/mol. The summed E-state index contributed by atoms with van der Waals surface area (Å²) in [4.78, 5) is 23.0. The first-order chi connectivity index (χ1) is 9.51. The average molecular weight is 277 g/mol. The van der Waals surface area contributed by atoms with E-state index < -0.39 is 11.5 Å². The molecule has 0 saturated carbocycles. The first-order valence-electron chi connectivity index (χ1n) is 7.08. The number of carboxylic acid groups (broad SMARTS) is 1. The molecule has 0 radical (unpaired) electrons. The van der Waals surface area contributed by atoms with E-state index in [4.69, 9.17) is 5.11 Å². The Morgan fingerprint density at radius 1 is 1.15 bits per heavy atom. The van der Waals surface area contributed by atoms with E-state index >= 15 is 0 Å². The molecule has 0 aliphatic carbocycles. The number of nitrogens with one attached hydrogen (secondary N) is 1. The van der Waals surface area contributed by atoms with Crippen LogP contribution in [0.3, 0.4) is 0 Å². The summed E-state index contributed by atoms with van der Waals surface area (Å²) < 4.78 is 0. The Morgan fingerprint density at radius 3 is 2.25 bits per heavy atom. The summed E-state index contributed by atoms with van der Waals surface area (Å²) in [5.41, 5.74) is 0.485. The van der Waals surface area contributed by atoms with E-state index in [2.05, 4.69) is 5.32 Å². The summed E-state index contributed by atoms with van der Waals surface area (Å²) >= 11 is 0. The molecule has 1 amide bonds. The lowest BCUT2D eigenvalue weighted by Gasteiger charge is -2.31. The predicted molar refractivity (Wildman–Crippen MR) is 78.5 cm³/mol. The fraction of sp³-hybridized carbons (Fsp3) is 0.500. The van der Waals surface area contributed by atoms with Crippen LogP contribution in [0.25, 0.3) is 0 Å². The molecule has 0 bridgehead atoms. The van der Waals surface area contributed by atoms with Gasteiger partial charge in [0.05, 0.1) is 6.42 Å². The van der Waals surface area contributed by atoms with Gasteiger partial charge in [0.2, 0.25) is 5.91 Å². The van der Waals surface area contributed by atoms with Crippen LogP contribution in [0.1, 0.15) is 45.1 Å². The first kappa shape index (κ1) is 16.2. The maximum absolute atomic E-state index is 12.0. The fourth-order valence-electron chi connectivity index (χ4n) is 2.27. The van der Waals surface area contributed by atoms with E-state index in [0.29, 0.717) is 25.7 Å². The Balaban J connectivity index is 2.56. The van der Waals surface area contributed by atoms with Crippen molar-refractivity contribution in [2.75, 3.05) is 0 Å². The van der Waals surface area contributed by atoms with Gasteiger partial charge in [-0.25, -0.2) is 0 Å². The molecule has 0 saturated heterocycles. The number of aliphatic carboxylic acids is 1. The number of carbonyl (C=O) groups excluding carboxylic acids is 1. The molecule has 4 heteroatoms. The van der Waals surface area contributed by atoms with Crippen LogP contribution in [0.4, 0.5) is 0 Å². The largest absolute Gasteiger partial charge is 0.481 e. The molecule has 0 spiro atoms. The topological polar surface area (TPSA) is 66.4 Å². The number of rotatable bonds is 8. The monoisotopic (exact) mass is 277 g/mol. The van der Waals surface area contributed by atoms with Gasteiger partial charge in [-0.3, -0.25) is 9.59 Å². The average Bonchev–Trinajstić information content (AvgIpc) is 2.45. The van der Waals surface area contributed by atoms with Crippen molar-refractivity contribution in [2.45, 2.75) is 51.5 Å². The standard InChI is InChI=1S/C16H23NO3/c1-3-16(4-2,12-15(19)20)17-14(18)11-10-13-8-6-5-7-9-13/h5-9H,3-4,10-12H2,1-2H3,(H,17,18)(H,19,20). The third kappa shape index (κ3) is 5.03. The molecule has 110 valence electrons. The molecule has 1 rings (SSSR count). The van der Waals surface area contributed by atoms with Crippen molar-refractivity contribution in [3.63, 3.8) is 0 Å². The Kier molecular flexibility index (Phi) is 6.22. The number of aryl methyl sites for hydroxylation is 1. The van der Waals surface area contributed by atoms with Gasteiger partial charge >= 0.3 is 5.97 Å². The lowest BCUT2D eigenvalue weighted by Crippen LogP contribution is -2.49. The number of carbonyl (C=O) groups is 2. The number of benzene rings is 1. The van der Waals surface area contributed by atoms with Crippen LogP contribution in [-0.4, -0.2) is 22.5 Å². The van der Waals surface area contributed by atoms with Gasteiger partial charge < -0.3 is 10.4 Å². The number of hydrogen-bond donors (Lipinski definition) is 2. The Labute approximate surface area is 120 Å². The number of carboxylic acids is 1. The third-order valence-corrected chi connectivity index (χ3v) is 3.73. The highest BCUT2D eigenvalue weighted by Gasteiger charge is 2.30. The second-order valence-electron chi connectivity index (χ2n) is 5.09. The van der Waals surface area contributed by atoms with Gasteiger partial charge in [-0.1, -0.05) is 44.2 Å². The Hall–Kier alpha value is -1.84. The lowest BCUT2D eigenvalue weighted by molar-refractivity contribution is -0.139. The summed E-state index contributed by atoms with van der Waals surface area (Å²) in [6.07, 6.45) is 2.26. The van der Waals surface area contributed by atoms with Crippen molar-refractivity contribution in [1.29, 1.82) is 0 Å². The SMILES string of the molecule is CCC(CC)(CC(=O)O)NC(=O)CCc1ccccc1. The Morgan fingerprint density at radius 2 is 1.75 bits per heavy atom. The van der Waals surface area contributed by atoms with Crippen LogP contribution in [-0.2, 0) is 16.0 Å². The predicted octanol–water partition coefficient (Wildman–Crippen LogP) is 2.77. The van der Waals surface area contributed by atoms with Gasteiger partial charge in [-0.05, 0) is 24.8 Å². The molecule has 4 nitrogen and oxygen atoms in total. The maximum atomic E-state index is 12.0.